The maximum atomic E-state index is 14.0. The lowest BCUT2D eigenvalue weighted by molar-refractivity contribution is -0.563. The summed E-state index contributed by atoms with van der Waals surface area (Å²) in [7, 11) is 1.60. The summed E-state index contributed by atoms with van der Waals surface area (Å²) < 4.78 is 10.1. The molecule has 36 heavy (non-hydrogen) atoms. The topological polar surface area (TPSA) is 51.3 Å². The van der Waals surface area contributed by atoms with E-state index in [9.17, 15) is 9.59 Å². The largest absolute Gasteiger partial charge is 1.00 e. The van der Waals surface area contributed by atoms with Gasteiger partial charge in [-0.05, 0) is 48.5 Å². The fourth-order valence-electron chi connectivity index (χ4n) is 4.61. The highest BCUT2D eigenvalue weighted by Crippen LogP contribution is 2.36. The zero-order valence-electron chi connectivity index (χ0n) is 19.6. The van der Waals surface area contributed by atoms with Crippen LogP contribution in [-0.4, -0.2) is 40.6 Å². The predicted octanol–water partition coefficient (Wildman–Crippen LogP) is 2.76. The normalized spacial score (nSPS) is 16.3. The summed E-state index contributed by atoms with van der Waals surface area (Å²) in [6, 6.07) is 27.5. The van der Waals surface area contributed by atoms with Crippen molar-refractivity contribution in [3.8, 4) is 5.75 Å². The van der Waals surface area contributed by atoms with Crippen molar-refractivity contribution < 1.29 is 35.9 Å². The van der Waals surface area contributed by atoms with Crippen LogP contribution in [0.2, 0.25) is 0 Å². The first-order chi connectivity index (χ1) is 17.0. The number of benzene rings is 3. The zero-order valence-corrected chi connectivity index (χ0v) is 22.7. The Bertz CT molecular complexity index is 1390. The molecular weight excluding hydrogens is 584 g/mol. The van der Waals surface area contributed by atoms with Gasteiger partial charge in [0.05, 0.1) is 7.11 Å². The molecule has 5 nitrogen and oxygen atoms in total. The van der Waals surface area contributed by atoms with E-state index >= 15 is 0 Å². The zero-order chi connectivity index (χ0) is 24.4. The fraction of sp³-hybridized carbons (Fsp3) is 0.138. The predicted molar refractivity (Wildman–Crippen MR) is 139 cm³/mol. The van der Waals surface area contributed by atoms with E-state index in [1.165, 1.54) is 0 Å². The van der Waals surface area contributed by atoms with Gasteiger partial charge in [-0.2, -0.15) is 0 Å². The number of ketones is 2. The van der Waals surface area contributed by atoms with Crippen LogP contribution in [0.4, 0.5) is 0 Å². The molecule has 2 heterocycles. The number of hydrogen-bond donors (Lipinski definition) is 0. The van der Waals surface area contributed by atoms with Crippen LogP contribution in [-0.2, 0) is 0 Å². The molecule has 1 aromatic heterocycles. The van der Waals surface area contributed by atoms with Gasteiger partial charge in [0, 0.05) is 27.4 Å². The molecule has 182 valence electrons. The molecule has 0 bridgehead atoms. The first-order valence-corrected chi connectivity index (χ1v) is 12.1. The van der Waals surface area contributed by atoms with Gasteiger partial charge in [-0.3, -0.25) is 9.59 Å². The Kier molecular flexibility index (Phi) is 8.01. The van der Waals surface area contributed by atoms with Gasteiger partial charge >= 0.3 is 0 Å². The van der Waals surface area contributed by atoms with E-state index in [-0.39, 0.29) is 41.1 Å². The highest BCUT2D eigenvalue weighted by atomic mass is 79.9. The van der Waals surface area contributed by atoms with Gasteiger partial charge in [0.1, 0.15) is 11.4 Å². The molecule has 0 N–H and O–H groups in total. The molecule has 0 spiro atoms. The average molecular weight is 608 g/mol. The van der Waals surface area contributed by atoms with E-state index in [1.54, 1.807) is 31.4 Å². The minimum atomic E-state index is -0.530. The van der Waals surface area contributed by atoms with Gasteiger partial charge in [-0.15, -0.1) is 0 Å². The number of hydrogen-bond acceptors (Lipinski definition) is 3. The number of carbonyl (C=O) groups is 2. The van der Waals surface area contributed by atoms with E-state index in [4.69, 9.17) is 4.74 Å². The number of halogens is 2. The van der Waals surface area contributed by atoms with Gasteiger partial charge in [0.25, 0.3) is 0 Å². The van der Waals surface area contributed by atoms with E-state index in [0.717, 1.165) is 15.7 Å². The van der Waals surface area contributed by atoms with Gasteiger partial charge in [-0.25, -0.2) is 4.58 Å². The van der Waals surface area contributed by atoms with Crippen LogP contribution in [0, 0.1) is 0 Å². The van der Waals surface area contributed by atoms with Crippen molar-refractivity contribution in [2.24, 2.45) is 0 Å². The summed E-state index contributed by atoms with van der Waals surface area (Å²) in [4.78, 5) is 27.3. The Labute approximate surface area is 228 Å². The molecule has 1 aliphatic rings. The van der Waals surface area contributed by atoms with Crippen LogP contribution < -0.4 is 21.7 Å². The molecule has 5 rings (SSSR count). The Morgan fingerprint density at radius 3 is 2.22 bits per heavy atom. The highest BCUT2D eigenvalue weighted by Gasteiger charge is 2.43. The van der Waals surface area contributed by atoms with Crippen molar-refractivity contribution >= 4 is 33.7 Å². The van der Waals surface area contributed by atoms with Crippen LogP contribution >= 0.6 is 15.9 Å². The van der Waals surface area contributed by atoms with Crippen molar-refractivity contribution in [1.29, 1.82) is 0 Å². The summed E-state index contributed by atoms with van der Waals surface area (Å²) in [5.74, 6) is 0.671. The summed E-state index contributed by atoms with van der Waals surface area (Å²) in [5, 5.41) is 0. The smallest absolute Gasteiger partial charge is 0.227 e. The van der Waals surface area contributed by atoms with Crippen molar-refractivity contribution in [2.45, 2.75) is 12.1 Å². The molecule has 4 aromatic rings. The van der Waals surface area contributed by atoms with Crippen LogP contribution in [0.5, 0.6) is 5.75 Å². The van der Waals surface area contributed by atoms with Crippen LogP contribution in [0.1, 0.15) is 44.1 Å². The monoisotopic (exact) mass is 606 g/mol. The molecule has 0 saturated carbocycles. The number of aromatic nitrogens is 1. The van der Waals surface area contributed by atoms with Crippen LogP contribution in [0.15, 0.2) is 102 Å². The highest BCUT2D eigenvalue weighted by molar-refractivity contribution is 9.10. The van der Waals surface area contributed by atoms with Gasteiger partial charge in [-0.1, -0.05) is 58.4 Å². The van der Waals surface area contributed by atoms with Crippen molar-refractivity contribution in [1.82, 2.24) is 4.57 Å². The third-order valence-corrected chi connectivity index (χ3v) is 6.87. The minimum Gasteiger partial charge on any atom is -1.00 e. The van der Waals surface area contributed by atoms with E-state index < -0.39 is 6.04 Å². The van der Waals surface area contributed by atoms with Crippen LogP contribution in [0.25, 0.3) is 0 Å². The first-order valence-electron chi connectivity index (χ1n) is 11.3. The lowest BCUT2D eigenvalue weighted by Crippen LogP contribution is -3.00. The second kappa shape index (κ2) is 11.2. The maximum Gasteiger partial charge on any atom is 0.227 e. The van der Waals surface area contributed by atoms with Crippen LogP contribution in [0.3, 0.4) is 0 Å². The molecule has 2 atom stereocenters. The molecule has 0 aliphatic carbocycles. The summed E-state index contributed by atoms with van der Waals surface area (Å²) in [6.45, 7) is 0.140. The maximum absolute atomic E-state index is 14.0. The Morgan fingerprint density at radius 2 is 1.56 bits per heavy atom. The second-order valence-corrected chi connectivity index (χ2v) is 9.38. The summed E-state index contributed by atoms with van der Waals surface area (Å²) in [5.41, 5.74) is 3.08. The van der Waals surface area contributed by atoms with Crippen molar-refractivity contribution in [3.63, 3.8) is 0 Å². The molecule has 3 aromatic carbocycles. The third kappa shape index (κ3) is 5.13. The number of rotatable bonds is 7. The SMILES string of the molecule is COc1ccc(C(=O)C[N+]2=Cc3cccn3[C@H](C(=O)c3ccc(Br)cc3)[C@H]2c2ccccc2)cc1.[Br-]. The Morgan fingerprint density at radius 1 is 0.889 bits per heavy atom. The standard InChI is InChI=1S/C29H24BrN2O3.BrH/c1-35-25-15-11-20(12-16-25)26(33)19-31-18-24-8-5-17-32(24)28(27(31)21-6-3-2-4-7-21)29(34)22-9-13-23(30)14-10-22;/h2-18,27-28H,19H2,1H3;1H/q+1;/p-1/t27-,28+;/m1./s1. The third-order valence-electron chi connectivity index (χ3n) is 6.34. The summed E-state index contributed by atoms with van der Waals surface area (Å²) in [6.07, 6.45) is 3.91. The molecule has 0 radical (unpaired) electrons. The number of ether oxygens (including phenoxy) is 1. The molecule has 7 heteroatoms. The lowest BCUT2D eigenvalue weighted by Gasteiger charge is -2.30. The number of carbonyl (C=O) groups excluding carboxylic acids is 2. The second-order valence-electron chi connectivity index (χ2n) is 8.46. The number of fused-ring (bicyclic) bond motifs is 1. The first kappa shape index (κ1) is 25.8. The molecular formula is C29H24Br2N2O3. The van der Waals surface area contributed by atoms with E-state index in [2.05, 4.69) is 15.9 Å². The van der Waals surface area contributed by atoms with Gasteiger partial charge in [0.2, 0.25) is 18.4 Å². The molecule has 1 aliphatic heterocycles. The number of nitrogens with zero attached hydrogens (tertiary/aromatic N) is 2. The minimum absolute atomic E-state index is 0. The van der Waals surface area contributed by atoms with Crippen molar-refractivity contribution in [2.75, 3.05) is 13.7 Å². The molecule has 0 amide bonds. The summed E-state index contributed by atoms with van der Waals surface area (Å²) >= 11 is 3.45. The van der Waals surface area contributed by atoms with Crippen molar-refractivity contribution in [3.05, 3.63) is 124 Å². The van der Waals surface area contributed by atoms with Gasteiger partial charge in [0.15, 0.2) is 18.0 Å². The Balaban J connectivity index is 0.00000304. The molecule has 0 unspecified atom stereocenters. The molecule has 0 fully saturated rings. The van der Waals surface area contributed by atoms with E-state index in [0.29, 0.717) is 16.9 Å². The average Bonchev–Trinajstić information content (AvgIpc) is 3.36. The number of Topliss-reactive ketones (excluding diaryl/α,β-unsaturated/α-hetero) is 2. The number of methoxy groups -OCH3 is 1. The van der Waals surface area contributed by atoms with E-state index in [1.807, 2.05) is 88.3 Å². The lowest BCUT2D eigenvalue weighted by atomic mass is 9.90. The quantitative estimate of drug-likeness (QED) is 0.240. The van der Waals surface area contributed by atoms with Gasteiger partial charge < -0.3 is 26.3 Å². The Hall–Kier alpha value is -3.29. The fourth-order valence-corrected chi connectivity index (χ4v) is 4.87. The molecule has 0 saturated heterocycles.